The van der Waals surface area contributed by atoms with Crippen LogP contribution in [0.1, 0.15) is 39.0 Å². The van der Waals surface area contributed by atoms with Crippen molar-refractivity contribution in [2.75, 3.05) is 4.90 Å². The van der Waals surface area contributed by atoms with Gasteiger partial charge in [-0.3, -0.25) is 9.59 Å². The monoisotopic (exact) mass is 385 g/mol. The molecule has 0 radical (unpaired) electrons. The Kier molecular flexibility index (Phi) is 4.81. The molecule has 1 N–H and O–H groups in total. The van der Waals surface area contributed by atoms with Gasteiger partial charge in [0.25, 0.3) is 5.91 Å². The van der Waals surface area contributed by atoms with Gasteiger partial charge in [-0.1, -0.05) is 77.9 Å². The third-order valence-corrected chi connectivity index (χ3v) is 5.45. The number of Topliss-reactive ketones (excluding diaryl/α,β-unsaturated/α-hetero) is 1. The number of aryl methyl sites for hydroxylation is 2. The molecule has 0 saturated carbocycles. The zero-order chi connectivity index (χ0) is 20.6. The fourth-order valence-electron chi connectivity index (χ4n) is 3.90. The van der Waals surface area contributed by atoms with E-state index in [1.807, 2.05) is 62.4 Å². The summed E-state index contributed by atoms with van der Waals surface area (Å²) in [6.45, 7) is 4.29. The summed E-state index contributed by atoms with van der Waals surface area (Å²) >= 11 is 0. The molecule has 29 heavy (non-hydrogen) atoms. The van der Waals surface area contributed by atoms with Gasteiger partial charge in [0, 0.05) is 11.1 Å². The smallest absolute Gasteiger partial charge is 0.264 e. The molecular formula is C25H23NO3. The highest BCUT2D eigenvalue weighted by Crippen LogP contribution is 2.43. The van der Waals surface area contributed by atoms with Crippen molar-refractivity contribution in [3.63, 3.8) is 0 Å². The van der Waals surface area contributed by atoms with Crippen LogP contribution in [-0.2, 0) is 16.9 Å². The van der Waals surface area contributed by atoms with Crippen molar-refractivity contribution >= 4 is 17.4 Å². The average molecular weight is 385 g/mol. The molecule has 4 rings (SSSR count). The third kappa shape index (κ3) is 3.47. The van der Waals surface area contributed by atoms with Crippen LogP contribution in [0.4, 0.5) is 5.69 Å². The molecule has 146 valence electrons. The molecule has 4 heteroatoms. The lowest BCUT2D eigenvalue weighted by Crippen LogP contribution is -2.41. The summed E-state index contributed by atoms with van der Waals surface area (Å²) in [6.07, 6.45) is -0.282. The van der Waals surface area contributed by atoms with Crippen molar-refractivity contribution in [3.05, 3.63) is 101 Å². The number of ketones is 1. The summed E-state index contributed by atoms with van der Waals surface area (Å²) in [4.78, 5) is 27.7. The molecule has 1 aliphatic heterocycles. The van der Waals surface area contributed by atoms with E-state index in [-0.39, 0.29) is 12.2 Å². The number of para-hydroxylation sites is 1. The number of amides is 1. The summed E-state index contributed by atoms with van der Waals surface area (Å²) in [7, 11) is 0. The third-order valence-electron chi connectivity index (χ3n) is 5.45. The van der Waals surface area contributed by atoms with Crippen molar-refractivity contribution in [1.29, 1.82) is 0 Å². The fourth-order valence-corrected chi connectivity index (χ4v) is 3.90. The number of hydrogen-bond donors (Lipinski definition) is 1. The molecule has 4 nitrogen and oxygen atoms in total. The number of benzene rings is 3. The van der Waals surface area contributed by atoms with Gasteiger partial charge in [0.1, 0.15) is 0 Å². The Morgan fingerprint density at radius 2 is 1.66 bits per heavy atom. The van der Waals surface area contributed by atoms with E-state index in [4.69, 9.17) is 0 Å². The maximum absolute atomic E-state index is 13.3. The number of carbonyl (C=O) groups is 2. The van der Waals surface area contributed by atoms with E-state index in [0.717, 1.165) is 16.7 Å². The van der Waals surface area contributed by atoms with Gasteiger partial charge in [-0.25, -0.2) is 0 Å². The number of carbonyl (C=O) groups excluding carboxylic acids is 2. The summed E-state index contributed by atoms with van der Waals surface area (Å²) in [6, 6.07) is 22.3. The van der Waals surface area contributed by atoms with Crippen LogP contribution in [0.3, 0.4) is 0 Å². The first-order valence-corrected chi connectivity index (χ1v) is 9.68. The van der Waals surface area contributed by atoms with Crippen LogP contribution in [-0.4, -0.2) is 16.8 Å². The first-order chi connectivity index (χ1) is 13.9. The molecular weight excluding hydrogens is 362 g/mol. The van der Waals surface area contributed by atoms with Crippen LogP contribution in [0.15, 0.2) is 72.8 Å². The minimum Gasteiger partial charge on any atom is -0.375 e. The van der Waals surface area contributed by atoms with Gasteiger partial charge < -0.3 is 10.0 Å². The second kappa shape index (κ2) is 7.30. The number of fused-ring (bicyclic) bond motifs is 1. The van der Waals surface area contributed by atoms with Crippen molar-refractivity contribution in [2.45, 2.75) is 32.4 Å². The quantitative estimate of drug-likeness (QED) is 0.666. The molecule has 0 aromatic heterocycles. The lowest BCUT2D eigenvalue weighted by Gasteiger charge is -2.23. The Bertz CT molecular complexity index is 1090. The Morgan fingerprint density at radius 1 is 0.931 bits per heavy atom. The molecule has 0 bridgehead atoms. The minimum atomic E-state index is -1.86. The summed E-state index contributed by atoms with van der Waals surface area (Å²) in [5.74, 6) is -0.714. The lowest BCUT2D eigenvalue weighted by molar-refractivity contribution is -0.136. The Morgan fingerprint density at radius 3 is 2.38 bits per heavy atom. The highest BCUT2D eigenvalue weighted by Gasteiger charge is 2.50. The Hall–Kier alpha value is -3.24. The molecule has 0 saturated heterocycles. The zero-order valence-corrected chi connectivity index (χ0v) is 16.6. The molecule has 3 aromatic rings. The molecule has 0 spiro atoms. The zero-order valence-electron chi connectivity index (χ0n) is 16.6. The summed E-state index contributed by atoms with van der Waals surface area (Å²) < 4.78 is 0. The van der Waals surface area contributed by atoms with E-state index in [1.165, 1.54) is 0 Å². The summed E-state index contributed by atoms with van der Waals surface area (Å²) in [5, 5.41) is 11.4. The average Bonchev–Trinajstić information content (AvgIpc) is 2.91. The van der Waals surface area contributed by atoms with Crippen molar-refractivity contribution in [2.24, 2.45) is 0 Å². The van der Waals surface area contributed by atoms with Crippen LogP contribution in [0.25, 0.3) is 0 Å². The normalized spacial score (nSPS) is 18.0. The first kappa shape index (κ1) is 19.1. The highest BCUT2D eigenvalue weighted by atomic mass is 16.3. The van der Waals surface area contributed by atoms with E-state index in [9.17, 15) is 14.7 Å². The van der Waals surface area contributed by atoms with Crippen LogP contribution in [0.5, 0.6) is 0 Å². The molecule has 0 fully saturated rings. The van der Waals surface area contributed by atoms with Gasteiger partial charge in [0.15, 0.2) is 11.4 Å². The summed E-state index contributed by atoms with van der Waals surface area (Å²) in [5.41, 5.74) is 2.90. The molecule has 3 aromatic carbocycles. The highest BCUT2D eigenvalue weighted by molar-refractivity contribution is 6.10. The number of anilines is 1. The van der Waals surface area contributed by atoms with Crippen LogP contribution in [0, 0.1) is 13.8 Å². The SMILES string of the molecule is Cc1ccc(C(=O)CC2(O)C(=O)N(Cc3cccc(C)c3)c3ccccc32)cc1. The predicted octanol–water partition coefficient (Wildman–Crippen LogP) is 4.31. The minimum absolute atomic E-state index is 0.256. The molecule has 1 heterocycles. The van der Waals surface area contributed by atoms with Crippen molar-refractivity contribution in [1.82, 2.24) is 0 Å². The predicted molar refractivity (Wildman–Crippen MR) is 113 cm³/mol. The maximum Gasteiger partial charge on any atom is 0.264 e. The Labute approximate surface area is 170 Å². The number of aliphatic hydroxyl groups is 1. The lowest BCUT2D eigenvalue weighted by atomic mass is 9.88. The topological polar surface area (TPSA) is 57.6 Å². The molecule has 1 atom stereocenters. The van der Waals surface area contributed by atoms with Gasteiger partial charge in [0.05, 0.1) is 18.7 Å². The second-order valence-corrected chi connectivity index (χ2v) is 7.72. The van der Waals surface area contributed by atoms with Crippen molar-refractivity contribution in [3.8, 4) is 0 Å². The van der Waals surface area contributed by atoms with Gasteiger partial charge in [-0.15, -0.1) is 0 Å². The number of rotatable bonds is 5. The fraction of sp³-hybridized carbons (Fsp3) is 0.200. The second-order valence-electron chi connectivity index (χ2n) is 7.72. The van der Waals surface area contributed by atoms with Crippen LogP contribution in [0.2, 0.25) is 0 Å². The Balaban J connectivity index is 1.67. The molecule has 1 amide bonds. The van der Waals surface area contributed by atoms with Crippen molar-refractivity contribution < 1.29 is 14.7 Å². The molecule has 1 unspecified atom stereocenters. The van der Waals surface area contributed by atoms with E-state index in [1.54, 1.807) is 29.2 Å². The molecule has 1 aliphatic rings. The first-order valence-electron chi connectivity index (χ1n) is 9.68. The van der Waals surface area contributed by atoms with E-state index in [2.05, 4.69) is 0 Å². The standard InChI is InChI=1S/C25H23NO3/c1-17-10-12-20(13-11-17)23(27)15-25(29)21-8-3-4-9-22(21)26(24(25)28)16-19-7-5-6-18(2)14-19/h3-14,29H,15-16H2,1-2H3. The molecule has 0 aliphatic carbocycles. The van der Waals surface area contributed by atoms with Crippen LogP contribution < -0.4 is 4.90 Å². The van der Waals surface area contributed by atoms with E-state index >= 15 is 0 Å². The maximum atomic E-state index is 13.3. The van der Waals surface area contributed by atoms with Gasteiger partial charge in [0.2, 0.25) is 0 Å². The van der Waals surface area contributed by atoms with Gasteiger partial charge in [-0.2, -0.15) is 0 Å². The van der Waals surface area contributed by atoms with Crippen LogP contribution >= 0.6 is 0 Å². The van der Waals surface area contributed by atoms with Gasteiger partial charge in [-0.05, 0) is 25.5 Å². The number of hydrogen-bond acceptors (Lipinski definition) is 3. The number of nitrogens with zero attached hydrogens (tertiary/aromatic N) is 1. The largest absolute Gasteiger partial charge is 0.375 e. The van der Waals surface area contributed by atoms with E-state index < -0.39 is 11.5 Å². The van der Waals surface area contributed by atoms with E-state index in [0.29, 0.717) is 23.4 Å². The van der Waals surface area contributed by atoms with Gasteiger partial charge >= 0.3 is 0 Å².